The van der Waals surface area contributed by atoms with E-state index in [1.54, 1.807) is 0 Å². The highest BCUT2D eigenvalue weighted by molar-refractivity contribution is 5.79. The first-order valence-corrected chi connectivity index (χ1v) is 8.68. The largest absolute Gasteiger partial charge is 0.493 e. The lowest BCUT2D eigenvalue weighted by molar-refractivity contribution is -0.132. The second-order valence-electron chi connectivity index (χ2n) is 6.37. The highest BCUT2D eigenvalue weighted by atomic mass is 19.4. The second kappa shape index (κ2) is 9.66. The summed E-state index contributed by atoms with van der Waals surface area (Å²) in [6.45, 7) is 4.26. The zero-order chi connectivity index (χ0) is 19.0. The van der Waals surface area contributed by atoms with Gasteiger partial charge in [0.05, 0.1) is 19.6 Å². The molecule has 1 atom stereocenters. The van der Waals surface area contributed by atoms with Crippen molar-refractivity contribution in [3.8, 4) is 5.75 Å². The molecule has 1 aromatic carbocycles. The molecule has 5 nitrogen and oxygen atoms in total. The molecule has 0 spiro atoms. The smallest absolute Gasteiger partial charge is 0.390 e. The van der Waals surface area contributed by atoms with Gasteiger partial charge < -0.3 is 20.1 Å². The van der Waals surface area contributed by atoms with Crippen molar-refractivity contribution in [1.29, 1.82) is 0 Å². The molecule has 2 rings (SSSR count). The zero-order valence-corrected chi connectivity index (χ0v) is 15.2. The Labute approximate surface area is 152 Å². The highest BCUT2D eigenvalue weighted by Crippen LogP contribution is 2.23. The number of nitrogens with zero attached hydrogens (tertiary/aromatic N) is 1. The van der Waals surface area contributed by atoms with Gasteiger partial charge in [-0.1, -0.05) is 12.1 Å². The summed E-state index contributed by atoms with van der Waals surface area (Å²) in [6, 6.07) is 5.89. The lowest BCUT2D eigenvalue weighted by Crippen LogP contribution is -2.38. The van der Waals surface area contributed by atoms with Gasteiger partial charge in [0, 0.05) is 38.2 Å². The minimum atomic E-state index is -4.19. The first-order chi connectivity index (χ1) is 12.4. The Morgan fingerprint density at radius 1 is 1.35 bits per heavy atom. The van der Waals surface area contributed by atoms with Crippen molar-refractivity contribution in [3.05, 3.63) is 29.3 Å². The Bertz CT molecular complexity index is 600. The van der Waals surface area contributed by atoms with Crippen LogP contribution in [0.1, 0.15) is 24.0 Å². The fourth-order valence-electron chi connectivity index (χ4n) is 2.59. The van der Waals surface area contributed by atoms with Gasteiger partial charge in [-0.3, -0.25) is 4.99 Å². The second-order valence-corrected chi connectivity index (χ2v) is 6.37. The van der Waals surface area contributed by atoms with Crippen molar-refractivity contribution in [2.75, 3.05) is 33.4 Å². The molecule has 0 saturated carbocycles. The summed E-state index contributed by atoms with van der Waals surface area (Å²) in [4.78, 5) is 3.95. The van der Waals surface area contributed by atoms with Gasteiger partial charge in [0.15, 0.2) is 5.96 Å². The molecular formula is C18H26F3N3O2. The van der Waals surface area contributed by atoms with Gasteiger partial charge in [-0.15, -0.1) is 0 Å². The van der Waals surface area contributed by atoms with E-state index in [-0.39, 0.29) is 6.54 Å². The first-order valence-electron chi connectivity index (χ1n) is 8.68. The molecule has 2 N–H and O–H groups in total. The molecule has 26 heavy (non-hydrogen) atoms. The maximum Gasteiger partial charge on any atom is 0.390 e. The molecule has 0 amide bonds. The van der Waals surface area contributed by atoms with Crippen LogP contribution in [0.2, 0.25) is 0 Å². The number of aliphatic imine (C=N–C) groups is 1. The number of hydrogen-bond acceptors (Lipinski definition) is 3. The van der Waals surface area contributed by atoms with E-state index in [0.717, 1.165) is 36.5 Å². The lowest BCUT2D eigenvalue weighted by atomic mass is 10.1. The van der Waals surface area contributed by atoms with E-state index in [1.165, 1.54) is 7.05 Å². The van der Waals surface area contributed by atoms with Crippen LogP contribution in [0.3, 0.4) is 0 Å². The molecule has 1 aromatic rings. The van der Waals surface area contributed by atoms with Crippen LogP contribution in [0.4, 0.5) is 13.2 Å². The van der Waals surface area contributed by atoms with Gasteiger partial charge in [-0.2, -0.15) is 13.2 Å². The Balaban J connectivity index is 1.88. The van der Waals surface area contributed by atoms with Crippen molar-refractivity contribution in [1.82, 2.24) is 10.6 Å². The van der Waals surface area contributed by atoms with Crippen LogP contribution in [0.15, 0.2) is 23.2 Å². The number of benzene rings is 1. The zero-order valence-electron chi connectivity index (χ0n) is 15.2. The van der Waals surface area contributed by atoms with E-state index >= 15 is 0 Å². The predicted molar refractivity (Wildman–Crippen MR) is 94.5 cm³/mol. The van der Waals surface area contributed by atoms with Crippen molar-refractivity contribution in [3.63, 3.8) is 0 Å². The predicted octanol–water partition coefficient (Wildman–Crippen LogP) is 3.03. The monoisotopic (exact) mass is 373 g/mol. The van der Waals surface area contributed by atoms with E-state index in [1.807, 2.05) is 25.1 Å². The highest BCUT2D eigenvalue weighted by Gasteiger charge is 2.26. The standard InChI is InChI=1S/C18H26F3N3O2/c1-13-3-4-15(16(9-13)26-12-14-5-8-25-11-14)10-24-17(22-2)23-7-6-18(19,20)21/h3-4,9,14H,5-8,10-12H2,1-2H3,(H2,22,23,24). The number of aryl methyl sites for hydroxylation is 1. The van der Waals surface area contributed by atoms with E-state index in [9.17, 15) is 13.2 Å². The lowest BCUT2D eigenvalue weighted by Gasteiger charge is -2.17. The number of ether oxygens (including phenoxy) is 2. The summed E-state index contributed by atoms with van der Waals surface area (Å²) in [6.07, 6.45) is -4.10. The van der Waals surface area contributed by atoms with Gasteiger partial charge in [0.25, 0.3) is 0 Å². The topological polar surface area (TPSA) is 54.9 Å². The third-order valence-electron chi connectivity index (χ3n) is 4.09. The fourth-order valence-corrected chi connectivity index (χ4v) is 2.59. The minimum Gasteiger partial charge on any atom is -0.493 e. The fraction of sp³-hybridized carbons (Fsp3) is 0.611. The van der Waals surface area contributed by atoms with Crippen LogP contribution in [0, 0.1) is 12.8 Å². The average molecular weight is 373 g/mol. The molecule has 1 aliphatic rings. The molecule has 1 aliphatic heterocycles. The third-order valence-corrected chi connectivity index (χ3v) is 4.09. The number of guanidine groups is 1. The summed E-state index contributed by atoms with van der Waals surface area (Å²) in [5, 5.41) is 5.69. The summed E-state index contributed by atoms with van der Waals surface area (Å²) >= 11 is 0. The van der Waals surface area contributed by atoms with Crippen LogP contribution < -0.4 is 15.4 Å². The maximum absolute atomic E-state index is 12.2. The number of hydrogen-bond donors (Lipinski definition) is 2. The van der Waals surface area contributed by atoms with Gasteiger partial charge in [0.1, 0.15) is 5.75 Å². The molecule has 0 bridgehead atoms. The van der Waals surface area contributed by atoms with Crippen molar-refractivity contribution in [2.24, 2.45) is 10.9 Å². The van der Waals surface area contributed by atoms with E-state index in [0.29, 0.717) is 25.0 Å². The molecular weight excluding hydrogens is 347 g/mol. The Morgan fingerprint density at radius 2 is 2.15 bits per heavy atom. The Hall–Kier alpha value is -1.96. The summed E-state index contributed by atoms with van der Waals surface area (Å²) in [5.41, 5.74) is 2.01. The van der Waals surface area contributed by atoms with Crippen molar-refractivity contribution >= 4 is 5.96 Å². The molecule has 0 aliphatic carbocycles. The van der Waals surface area contributed by atoms with Crippen LogP contribution >= 0.6 is 0 Å². The van der Waals surface area contributed by atoms with Gasteiger partial charge in [-0.25, -0.2) is 0 Å². The third kappa shape index (κ3) is 7.11. The average Bonchev–Trinajstić information content (AvgIpc) is 3.09. The molecule has 8 heteroatoms. The van der Waals surface area contributed by atoms with Gasteiger partial charge in [-0.05, 0) is 25.0 Å². The molecule has 0 aromatic heterocycles. The van der Waals surface area contributed by atoms with Crippen LogP contribution in [0.25, 0.3) is 0 Å². The molecule has 1 heterocycles. The van der Waals surface area contributed by atoms with E-state index in [2.05, 4.69) is 15.6 Å². The molecule has 1 fully saturated rings. The van der Waals surface area contributed by atoms with Crippen molar-refractivity contribution in [2.45, 2.75) is 32.5 Å². The number of rotatable bonds is 7. The molecule has 146 valence electrons. The van der Waals surface area contributed by atoms with Gasteiger partial charge >= 0.3 is 6.18 Å². The number of halogens is 3. The Morgan fingerprint density at radius 3 is 2.81 bits per heavy atom. The summed E-state index contributed by atoms with van der Waals surface area (Å²) in [7, 11) is 1.52. The normalized spacial score (nSPS) is 18.0. The summed E-state index contributed by atoms with van der Waals surface area (Å²) < 4.78 is 48.0. The summed E-state index contributed by atoms with van der Waals surface area (Å²) in [5.74, 6) is 1.49. The molecule has 1 saturated heterocycles. The maximum atomic E-state index is 12.2. The van der Waals surface area contributed by atoms with Gasteiger partial charge in [0.2, 0.25) is 0 Å². The Kier molecular flexibility index (Phi) is 7.56. The number of alkyl halides is 3. The molecule has 0 radical (unpaired) electrons. The van der Waals surface area contributed by atoms with E-state index < -0.39 is 12.6 Å². The van der Waals surface area contributed by atoms with Crippen LogP contribution in [0.5, 0.6) is 5.75 Å². The van der Waals surface area contributed by atoms with E-state index in [4.69, 9.17) is 9.47 Å². The SMILES string of the molecule is CN=C(NCCC(F)(F)F)NCc1ccc(C)cc1OCC1CCOC1. The first kappa shape index (κ1) is 20.4. The van der Waals surface area contributed by atoms with Crippen molar-refractivity contribution < 1.29 is 22.6 Å². The number of nitrogens with one attached hydrogen (secondary N) is 2. The molecule has 1 unspecified atom stereocenters. The minimum absolute atomic E-state index is 0.220. The quantitative estimate of drug-likeness (QED) is 0.570. The van der Waals surface area contributed by atoms with Crippen LogP contribution in [-0.2, 0) is 11.3 Å². The van der Waals surface area contributed by atoms with Crippen LogP contribution in [-0.4, -0.2) is 45.5 Å².